The Bertz CT molecular complexity index is 652. The maximum absolute atomic E-state index is 13.7. The van der Waals surface area contributed by atoms with Gasteiger partial charge in [0.2, 0.25) is 5.60 Å². The minimum Gasteiger partial charge on any atom is -0.466 e. The van der Waals surface area contributed by atoms with Gasteiger partial charge in [-0.2, -0.15) is 21.6 Å². The summed E-state index contributed by atoms with van der Waals surface area (Å²) in [7, 11) is -3.73. The Morgan fingerprint density at radius 3 is 2.00 bits per heavy atom. The van der Waals surface area contributed by atoms with Gasteiger partial charge >= 0.3 is 18.2 Å². The van der Waals surface area contributed by atoms with Gasteiger partial charge in [-0.15, -0.1) is 0 Å². The molecule has 2 atom stereocenters. The van der Waals surface area contributed by atoms with Crippen molar-refractivity contribution >= 4 is 22.2 Å². The van der Waals surface area contributed by atoms with E-state index < -0.39 is 45.6 Å². The number of hydrogen-bond acceptors (Lipinski definition) is 7. The van der Waals surface area contributed by atoms with Gasteiger partial charge in [-0.3, -0.25) is 0 Å². The predicted molar refractivity (Wildman–Crippen MR) is 84.7 cm³/mol. The quantitative estimate of drug-likeness (QED) is 0.408. The smallest absolute Gasteiger partial charge is 0.424 e. The van der Waals surface area contributed by atoms with E-state index >= 15 is 0 Å². The Labute approximate surface area is 149 Å². The van der Waals surface area contributed by atoms with Gasteiger partial charge in [0, 0.05) is 6.08 Å². The van der Waals surface area contributed by atoms with Crippen molar-refractivity contribution in [3.63, 3.8) is 0 Å². The molecule has 0 saturated heterocycles. The normalized spacial score (nSPS) is 16.7. The fourth-order valence-electron chi connectivity index (χ4n) is 1.73. The Morgan fingerprint density at radius 2 is 1.65 bits per heavy atom. The van der Waals surface area contributed by atoms with Crippen molar-refractivity contribution in [1.29, 1.82) is 0 Å². The van der Waals surface area contributed by atoms with Crippen LogP contribution in [0.1, 0.15) is 27.7 Å². The molecule has 0 saturated carbocycles. The molecule has 0 aliphatic carbocycles. The fraction of sp³-hybridized carbons (Fsp3) is 0.714. The largest absolute Gasteiger partial charge is 0.466 e. The monoisotopic (exact) mass is 405 g/mol. The molecule has 0 unspecified atom stereocenters. The zero-order valence-electron chi connectivity index (χ0n) is 15.1. The van der Waals surface area contributed by atoms with E-state index in [1.54, 1.807) is 0 Å². The summed E-state index contributed by atoms with van der Waals surface area (Å²) in [5.41, 5.74) is -4.57. The first-order chi connectivity index (χ1) is 11.4. The minimum atomic E-state index is -5.32. The highest BCUT2D eigenvalue weighted by atomic mass is 32.2. The number of nitrogens with one attached hydrogen (secondary N) is 1. The van der Waals surface area contributed by atoms with E-state index in [4.69, 9.17) is 4.74 Å². The first-order valence-electron chi connectivity index (χ1n) is 7.17. The summed E-state index contributed by atoms with van der Waals surface area (Å²) in [6, 6.07) is -1.98. The molecule has 0 bridgehead atoms. The zero-order chi connectivity index (χ0) is 21.0. The lowest BCUT2D eigenvalue weighted by atomic mass is 9.94. The molecule has 0 aromatic rings. The number of esters is 1. The van der Waals surface area contributed by atoms with E-state index in [9.17, 15) is 31.2 Å². The highest BCUT2D eigenvalue weighted by Crippen LogP contribution is 2.39. The van der Waals surface area contributed by atoms with Gasteiger partial charge in [-0.1, -0.05) is 0 Å². The number of alkyl halides is 3. The standard InChI is InChI=1S/C14H22F3NO7S/c1-9(18-11(20)24-12(2,3)4)13(14(15,16)17,25-26(6,21)22)8-7-10(19)23-5/h7-9H,1-6H3,(H,18,20)/b8-7+/t9-,13-/m0/s1. The van der Waals surface area contributed by atoms with Gasteiger partial charge in [0.15, 0.2) is 0 Å². The van der Waals surface area contributed by atoms with Crippen molar-refractivity contribution < 1.29 is 44.8 Å². The van der Waals surface area contributed by atoms with Crippen molar-refractivity contribution in [3.8, 4) is 0 Å². The Hall–Kier alpha value is -1.82. The lowest BCUT2D eigenvalue weighted by Crippen LogP contribution is -2.61. The average Bonchev–Trinajstić information content (AvgIpc) is 2.37. The molecule has 26 heavy (non-hydrogen) atoms. The van der Waals surface area contributed by atoms with Crippen LogP contribution in [0.3, 0.4) is 0 Å². The number of hydrogen-bond donors (Lipinski definition) is 1. The molecule has 0 rings (SSSR count). The van der Waals surface area contributed by atoms with Crippen molar-refractivity contribution in [3.05, 3.63) is 12.2 Å². The van der Waals surface area contributed by atoms with Gasteiger partial charge < -0.3 is 14.8 Å². The van der Waals surface area contributed by atoms with Crippen LogP contribution in [-0.4, -0.2) is 57.3 Å². The average molecular weight is 405 g/mol. The molecule has 0 heterocycles. The van der Waals surface area contributed by atoms with Crippen molar-refractivity contribution in [2.24, 2.45) is 0 Å². The first kappa shape index (κ1) is 24.2. The highest BCUT2D eigenvalue weighted by molar-refractivity contribution is 7.86. The van der Waals surface area contributed by atoms with Crippen LogP contribution in [0.2, 0.25) is 0 Å². The number of methoxy groups -OCH3 is 1. The lowest BCUT2D eigenvalue weighted by molar-refractivity contribution is -0.235. The van der Waals surface area contributed by atoms with Gasteiger partial charge in [0.05, 0.1) is 19.4 Å². The maximum atomic E-state index is 13.7. The molecule has 0 aliphatic heterocycles. The van der Waals surface area contributed by atoms with E-state index in [0.29, 0.717) is 12.3 Å². The van der Waals surface area contributed by atoms with E-state index in [1.807, 2.05) is 5.32 Å². The summed E-state index contributed by atoms with van der Waals surface area (Å²) in [5.74, 6) is -1.18. The summed E-state index contributed by atoms with van der Waals surface area (Å²) < 4.78 is 77.3. The second-order valence-electron chi connectivity index (χ2n) is 6.30. The van der Waals surface area contributed by atoms with Gasteiger partial charge in [-0.25, -0.2) is 13.8 Å². The Balaban J connectivity index is 6.05. The number of alkyl carbamates (subject to hydrolysis) is 1. The topological polar surface area (TPSA) is 108 Å². The Kier molecular flexibility index (Phi) is 7.67. The Morgan fingerprint density at radius 1 is 1.15 bits per heavy atom. The predicted octanol–water partition coefficient (Wildman–Crippen LogP) is 1.91. The maximum Gasteiger partial charge on any atom is 0.424 e. The summed E-state index contributed by atoms with van der Waals surface area (Å²) in [6.45, 7) is 5.31. The second-order valence-corrected chi connectivity index (χ2v) is 7.88. The number of halogens is 3. The van der Waals surface area contributed by atoms with Crippen molar-refractivity contribution in [2.75, 3.05) is 13.4 Å². The third kappa shape index (κ3) is 7.60. The third-order valence-corrected chi connectivity index (χ3v) is 3.36. The van der Waals surface area contributed by atoms with Crippen molar-refractivity contribution in [1.82, 2.24) is 5.32 Å². The molecule has 0 fully saturated rings. The molecule has 8 nitrogen and oxygen atoms in total. The van der Waals surface area contributed by atoms with Crippen LogP contribution in [0, 0.1) is 0 Å². The third-order valence-electron chi connectivity index (χ3n) is 2.78. The van der Waals surface area contributed by atoms with Crippen LogP contribution in [0.15, 0.2) is 12.2 Å². The number of ether oxygens (including phenoxy) is 2. The summed E-state index contributed by atoms with van der Waals surface area (Å²) in [6.07, 6.45) is -5.63. The van der Waals surface area contributed by atoms with Crippen molar-refractivity contribution in [2.45, 2.75) is 51.1 Å². The molecule has 0 spiro atoms. The van der Waals surface area contributed by atoms with Crippen LogP contribution in [0.25, 0.3) is 0 Å². The second kappa shape index (κ2) is 8.25. The molecule has 12 heteroatoms. The van der Waals surface area contributed by atoms with Crippen LogP contribution < -0.4 is 5.32 Å². The molecular formula is C14H22F3NO7S. The van der Waals surface area contributed by atoms with Gasteiger partial charge in [-0.05, 0) is 33.8 Å². The molecule has 0 aromatic carbocycles. The van der Waals surface area contributed by atoms with Gasteiger partial charge in [0.25, 0.3) is 10.1 Å². The molecular weight excluding hydrogens is 383 g/mol. The van der Waals surface area contributed by atoms with E-state index in [2.05, 4.69) is 8.92 Å². The van der Waals surface area contributed by atoms with E-state index in [1.165, 1.54) is 20.8 Å². The van der Waals surface area contributed by atoms with Crippen LogP contribution in [0.4, 0.5) is 18.0 Å². The number of carbonyl (C=O) groups excluding carboxylic acids is 2. The lowest BCUT2D eigenvalue weighted by Gasteiger charge is -2.37. The SMILES string of the molecule is COC(=O)/C=C/[C@](OS(C)(=O)=O)([C@H](C)NC(=O)OC(C)(C)C)C(F)(F)F. The molecule has 1 amide bonds. The molecule has 0 aromatic heterocycles. The molecule has 1 N–H and O–H groups in total. The van der Waals surface area contributed by atoms with E-state index in [-0.39, 0.29) is 6.08 Å². The van der Waals surface area contributed by atoms with E-state index in [0.717, 1.165) is 14.0 Å². The first-order valence-corrected chi connectivity index (χ1v) is 8.99. The van der Waals surface area contributed by atoms with Gasteiger partial charge in [0.1, 0.15) is 5.60 Å². The zero-order valence-corrected chi connectivity index (χ0v) is 15.9. The molecule has 0 radical (unpaired) electrons. The minimum absolute atomic E-state index is 0.169. The molecule has 152 valence electrons. The summed E-state index contributed by atoms with van der Waals surface area (Å²) >= 11 is 0. The number of carbonyl (C=O) groups is 2. The molecule has 0 aliphatic rings. The van der Waals surface area contributed by atoms with Crippen LogP contribution in [0.5, 0.6) is 0 Å². The highest BCUT2D eigenvalue weighted by Gasteiger charge is 2.61. The summed E-state index contributed by atoms with van der Waals surface area (Å²) in [5, 5.41) is 1.87. The fourth-order valence-corrected chi connectivity index (χ4v) is 2.53. The van der Waals surface area contributed by atoms with Crippen LogP contribution >= 0.6 is 0 Å². The van der Waals surface area contributed by atoms with Crippen LogP contribution in [-0.2, 0) is 28.6 Å². The number of rotatable bonds is 6. The number of amides is 1. The summed E-state index contributed by atoms with van der Waals surface area (Å²) in [4.78, 5) is 23.0.